The molecule has 5 N–H and O–H groups in total. The van der Waals surface area contributed by atoms with E-state index in [1.807, 2.05) is 0 Å². The molecular weight excluding hydrogens is 476 g/mol. The summed E-state index contributed by atoms with van der Waals surface area (Å²) in [4.78, 5) is 48.4. The van der Waals surface area contributed by atoms with Crippen molar-refractivity contribution in [3.63, 3.8) is 0 Å². The van der Waals surface area contributed by atoms with Crippen LogP contribution in [0.2, 0.25) is 0 Å². The predicted octanol–water partition coefficient (Wildman–Crippen LogP) is -3.37. The standard InChI is InChI=1S/C23H24N4O9/c24-16(22(31)32)9-10-36-15-7-3-12(4-8-15)18(26-35)20(29)25-17-11-27(21(17)30)19(23(33)34)13-1-5-14(28)6-2-13/h1-8,16-17,19,28,35H,9-11,24H2,(H,25,29)(H,31,32)(H,33,34)/p-2/b26-18-/t16-,17+,19?/m1/s1. The molecule has 0 bridgehead atoms. The number of aromatic hydroxyl groups is 1. The van der Waals surface area contributed by atoms with Gasteiger partial charge in [0.05, 0.1) is 31.1 Å². The highest BCUT2D eigenvalue weighted by Crippen LogP contribution is 2.28. The molecule has 0 radical (unpaired) electrons. The van der Waals surface area contributed by atoms with Crippen LogP contribution in [0.25, 0.3) is 0 Å². The summed E-state index contributed by atoms with van der Waals surface area (Å²) < 4.78 is 5.39. The molecule has 0 spiro atoms. The number of carboxylic acids is 2. The third-order valence-electron chi connectivity index (χ3n) is 5.51. The van der Waals surface area contributed by atoms with Gasteiger partial charge in [0.25, 0.3) is 5.91 Å². The average molecular weight is 498 g/mol. The minimum Gasteiger partial charge on any atom is -0.791 e. The van der Waals surface area contributed by atoms with E-state index in [-0.39, 0.29) is 36.4 Å². The third-order valence-corrected chi connectivity index (χ3v) is 5.51. The molecule has 3 atom stereocenters. The maximum Gasteiger partial charge on any atom is 0.270 e. The number of carboxylic acid groups (broad SMARTS) is 2. The molecular formula is C23H22N4O9-2. The first-order chi connectivity index (χ1) is 17.1. The van der Waals surface area contributed by atoms with Crippen molar-refractivity contribution >= 4 is 29.5 Å². The zero-order valence-electron chi connectivity index (χ0n) is 18.8. The van der Waals surface area contributed by atoms with Gasteiger partial charge in [-0.25, -0.2) is 0 Å². The van der Waals surface area contributed by atoms with E-state index in [9.17, 15) is 39.7 Å². The maximum absolute atomic E-state index is 12.6. The first-order valence-electron chi connectivity index (χ1n) is 10.7. The summed E-state index contributed by atoms with van der Waals surface area (Å²) in [5, 5.41) is 48.1. The number of carbonyl (C=O) groups excluding carboxylic acids is 4. The first kappa shape index (κ1) is 26.0. The highest BCUT2D eigenvalue weighted by atomic mass is 16.5. The lowest BCUT2D eigenvalue weighted by Gasteiger charge is -2.44. The number of aliphatic carboxylic acids is 2. The second kappa shape index (κ2) is 11.2. The topological polar surface area (TPSA) is 222 Å². The number of ether oxygens (including phenoxy) is 1. The highest BCUT2D eigenvalue weighted by Gasteiger charge is 2.43. The molecule has 36 heavy (non-hydrogen) atoms. The fraction of sp³-hybridized carbons (Fsp3) is 0.261. The van der Waals surface area contributed by atoms with Gasteiger partial charge in [-0.15, -0.1) is 0 Å². The largest absolute Gasteiger partial charge is 0.791 e. The molecule has 13 nitrogen and oxygen atoms in total. The smallest absolute Gasteiger partial charge is 0.270 e. The van der Waals surface area contributed by atoms with Crippen molar-refractivity contribution in [2.45, 2.75) is 24.5 Å². The van der Waals surface area contributed by atoms with E-state index in [4.69, 9.17) is 4.74 Å². The summed E-state index contributed by atoms with van der Waals surface area (Å²) in [6, 6.07) is 7.47. The van der Waals surface area contributed by atoms with E-state index in [0.29, 0.717) is 5.75 Å². The Hall–Kier alpha value is -4.65. The van der Waals surface area contributed by atoms with Crippen LogP contribution in [0, 0.1) is 5.21 Å². The second-order valence-electron chi connectivity index (χ2n) is 7.95. The lowest BCUT2D eigenvalue weighted by atomic mass is 9.97. The normalized spacial score (nSPS) is 17.0. The van der Waals surface area contributed by atoms with Gasteiger partial charge in [-0.05, 0) is 42.0 Å². The quantitative estimate of drug-likeness (QED) is 0.159. The van der Waals surface area contributed by atoms with E-state index in [1.54, 1.807) is 0 Å². The Morgan fingerprint density at radius 2 is 1.75 bits per heavy atom. The second-order valence-corrected chi connectivity index (χ2v) is 7.95. The molecule has 3 rings (SSSR count). The Morgan fingerprint density at radius 3 is 2.28 bits per heavy atom. The van der Waals surface area contributed by atoms with E-state index in [2.05, 4.69) is 16.2 Å². The number of carbonyl (C=O) groups is 4. The van der Waals surface area contributed by atoms with Crippen LogP contribution in [0.3, 0.4) is 0 Å². The summed E-state index contributed by atoms with van der Waals surface area (Å²) in [5.41, 5.74) is 3.26. The molecule has 1 aliphatic heterocycles. The molecule has 13 heteroatoms. The van der Waals surface area contributed by atoms with Crippen molar-refractivity contribution in [2.24, 2.45) is 5.16 Å². The van der Waals surface area contributed by atoms with Gasteiger partial charge >= 0.3 is 0 Å². The molecule has 1 unspecified atom stereocenters. The van der Waals surface area contributed by atoms with Crippen molar-refractivity contribution < 1.29 is 45.0 Å². The van der Waals surface area contributed by atoms with Gasteiger partial charge in [0.15, 0.2) is 0 Å². The van der Waals surface area contributed by atoms with Crippen LogP contribution in [-0.4, -0.2) is 64.7 Å². The first-order valence-corrected chi connectivity index (χ1v) is 10.7. The van der Waals surface area contributed by atoms with Crippen LogP contribution in [0.15, 0.2) is 53.7 Å². The molecule has 2 aromatic carbocycles. The monoisotopic (exact) mass is 498 g/mol. The Bertz CT molecular complexity index is 1170. The van der Waals surface area contributed by atoms with Gasteiger partial charge in [-0.2, -0.15) is 0 Å². The number of quaternary nitrogens is 1. The number of hydrogen-bond acceptors (Lipinski definition) is 10. The van der Waals surface area contributed by atoms with Gasteiger partial charge in [0, 0.05) is 12.0 Å². The number of amides is 2. The Kier molecular flexibility index (Phi) is 8.07. The predicted molar refractivity (Wildman–Crippen MR) is 118 cm³/mol. The summed E-state index contributed by atoms with van der Waals surface area (Å²) in [6.45, 7) is -0.0933. The average Bonchev–Trinajstić information content (AvgIpc) is 2.85. The number of likely N-dealkylation sites (tertiary alicyclic amines) is 1. The Morgan fingerprint density at radius 1 is 1.11 bits per heavy atom. The number of hydrogen-bond donors (Lipinski definition) is 3. The van der Waals surface area contributed by atoms with Crippen LogP contribution >= 0.6 is 0 Å². The molecule has 1 saturated heterocycles. The zero-order chi connectivity index (χ0) is 26.4. The lowest BCUT2D eigenvalue weighted by molar-refractivity contribution is -0.438. The van der Waals surface area contributed by atoms with Gasteiger partial charge < -0.3 is 56.0 Å². The number of benzene rings is 2. The SMILES string of the molecule is [NH3+][C@H](CCOc1ccc(/C(=N/[O-])C(=O)N[C@H]2CN(C(C(=O)[O-])c3ccc(O)cc3)C2=O)cc1)C(=O)[O-]. The third kappa shape index (κ3) is 5.88. The fourth-order valence-corrected chi connectivity index (χ4v) is 3.49. The number of rotatable bonds is 11. The zero-order valence-corrected chi connectivity index (χ0v) is 18.8. The number of nitrogens with zero attached hydrogens (tertiary/aromatic N) is 2. The summed E-state index contributed by atoms with van der Waals surface area (Å²) in [6.07, 6.45) is 0.123. The van der Waals surface area contributed by atoms with E-state index in [1.165, 1.54) is 48.5 Å². The molecule has 2 aromatic rings. The summed E-state index contributed by atoms with van der Waals surface area (Å²) >= 11 is 0. The fourth-order valence-electron chi connectivity index (χ4n) is 3.49. The van der Waals surface area contributed by atoms with Gasteiger partial charge in [0.1, 0.15) is 29.3 Å². The Labute approximate surface area is 204 Å². The molecule has 0 saturated carbocycles. The van der Waals surface area contributed by atoms with Crippen molar-refractivity contribution in [3.05, 3.63) is 64.9 Å². The number of phenols is 1. The van der Waals surface area contributed by atoms with Crippen molar-refractivity contribution in [1.29, 1.82) is 0 Å². The number of phenolic OH excluding ortho intramolecular Hbond substituents is 1. The number of β-lactam (4-membered cyclic amide) rings is 1. The van der Waals surface area contributed by atoms with E-state index >= 15 is 0 Å². The molecule has 0 aliphatic carbocycles. The summed E-state index contributed by atoms with van der Waals surface area (Å²) in [7, 11) is 0. The lowest BCUT2D eigenvalue weighted by Crippen LogP contribution is -2.68. The molecule has 2 amide bonds. The van der Waals surface area contributed by atoms with Gasteiger partial charge in [-0.1, -0.05) is 12.1 Å². The molecule has 1 heterocycles. The van der Waals surface area contributed by atoms with Crippen LogP contribution < -0.4 is 26.0 Å². The Balaban J connectivity index is 1.59. The molecule has 1 fully saturated rings. The maximum atomic E-state index is 12.6. The molecule has 0 aromatic heterocycles. The van der Waals surface area contributed by atoms with Crippen molar-refractivity contribution in [3.8, 4) is 11.5 Å². The molecule has 1 aliphatic rings. The van der Waals surface area contributed by atoms with Crippen LogP contribution in [0.5, 0.6) is 11.5 Å². The van der Waals surface area contributed by atoms with E-state index < -0.39 is 47.6 Å². The van der Waals surface area contributed by atoms with E-state index in [0.717, 1.165) is 4.90 Å². The van der Waals surface area contributed by atoms with Crippen LogP contribution in [0.1, 0.15) is 23.6 Å². The van der Waals surface area contributed by atoms with Crippen LogP contribution in [0.4, 0.5) is 0 Å². The minimum absolute atomic E-state index is 0.0573. The van der Waals surface area contributed by atoms with Gasteiger partial charge in [-0.3, -0.25) is 9.59 Å². The number of nitrogens with one attached hydrogen (secondary N) is 1. The van der Waals surface area contributed by atoms with Crippen molar-refractivity contribution in [1.82, 2.24) is 10.2 Å². The van der Waals surface area contributed by atoms with Crippen LogP contribution in [-0.2, 0) is 19.2 Å². The minimum atomic E-state index is -1.53. The van der Waals surface area contributed by atoms with Crippen molar-refractivity contribution in [2.75, 3.05) is 13.2 Å². The summed E-state index contributed by atoms with van der Waals surface area (Å²) in [5.74, 6) is -4.18. The highest BCUT2D eigenvalue weighted by molar-refractivity contribution is 6.45. The molecule has 190 valence electrons. The van der Waals surface area contributed by atoms with Gasteiger partial charge in [0.2, 0.25) is 5.91 Å².